The number of carbonyl (C=O) groups is 1. The Morgan fingerprint density at radius 2 is 1.89 bits per heavy atom. The molecule has 1 amide bonds. The zero-order valence-corrected chi connectivity index (χ0v) is 16.7. The molecule has 2 aromatic heterocycles. The van der Waals surface area contributed by atoms with Crippen molar-refractivity contribution in [2.75, 3.05) is 5.32 Å². The Morgan fingerprint density at radius 3 is 2.61 bits per heavy atom. The van der Waals surface area contributed by atoms with Gasteiger partial charge < -0.3 is 5.32 Å². The number of benzene rings is 2. The van der Waals surface area contributed by atoms with Gasteiger partial charge in [0.1, 0.15) is 5.69 Å². The lowest BCUT2D eigenvalue weighted by Gasteiger charge is -2.12. The van der Waals surface area contributed by atoms with Gasteiger partial charge in [-0.05, 0) is 18.6 Å². The third-order valence-electron chi connectivity index (χ3n) is 4.05. The van der Waals surface area contributed by atoms with E-state index in [0.29, 0.717) is 22.4 Å². The summed E-state index contributed by atoms with van der Waals surface area (Å²) in [4.78, 5) is 21.5. The van der Waals surface area contributed by atoms with Gasteiger partial charge in [0.25, 0.3) is 0 Å². The summed E-state index contributed by atoms with van der Waals surface area (Å²) in [6.45, 7) is 1.96. The van der Waals surface area contributed by atoms with E-state index < -0.39 is 0 Å². The van der Waals surface area contributed by atoms with Crippen molar-refractivity contribution >= 4 is 44.4 Å². The van der Waals surface area contributed by atoms with E-state index in [-0.39, 0.29) is 11.2 Å². The normalized spacial score (nSPS) is 12.0. The minimum Gasteiger partial charge on any atom is -0.301 e. The number of nitrogens with zero attached hydrogens (tertiary/aromatic N) is 4. The van der Waals surface area contributed by atoms with Crippen LogP contribution in [0.3, 0.4) is 0 Å². The molecule has 0 spiro atoms. The molecule has 2 heterocycles. The molecule has 4 rings (SSSR count). The largest absolute Gasteiger partial charge is 0.301 e. The average Bonchev–Trinajstić information content (AvgIpc) is 3.15. The van der Waals surface area contributed by atoms with Gasteiger partial charge in [-0.1, -0.05) is 72.5 Å². The Kier molecular flexibility index (Phi) is 5.59. The van der Waals surface area contributed by atoms with E-state index in [4.69, 9.17) is 0 Å². The van der Waals surface area contributed by atoms with Crippen LogP contribution in [0, 0.1) is 0 Å². The van der Waals surface area contributed by atoms with E-state index in [1.54, 1.807) is 6.20 Å². The van der Waals surface area contributed by atoms with E-state index in [0.717, 1.165) is 15.8 Å². The summed E-state index contributed by atoms with van der Waals surface area (Å²) in [5.41, 5.74) is 2.55. The second-order valence-corrected chi connectivity index (χ2v) is 8.18. The summed E-state index contributed by atoms with van der Waals surface area (Å²) < 4.78 is 1.04. The molecule has 1 N–H and O–H groups in total. The molecule has 1 unspecified atom stereocenters. The molecule has 0 saturated carbocycles. The molecule has 28 heavy (non-hydrogen) atoms. The first kappa shape index (κ1) is 18.5. The second kappa shape index (κ2) is 8.45. The molecule has 0 saturated heterocycles. The van der Waals surface area contributed by atoms with Crippen molar-refractivity contribution < 1.29 is 4.79 Å². The Bertz CT molecular complexity index is 1050. The summed E-state index contributed by atoms with van der Waals surface area (Å²) in [7, 11) is 0. The molecule has 0 radical (unpaired) electrons. The first-order chi connectivity index (χ1) is 13.7. The fraction of sp³-hybridized carbons (Fsp3) is 0.150. The van der Waals surface area contributed by atoms with Gasteiger partial charge in [-0.15, -0.1) is 10.2 Å². The number of para-hydroxylation sites is 1. The topological polar surface area (TPSA) is 80.7 Å². The Labute approximate surface area is 170 Å². The summed E-state index contributed by atoms with van der Waals surface area (Å²) >= 11 is 2.77. The molecule has 4 aromatic rings. The smallest absolute Gasteiger partial charge is 0.239 e. The van der Waals surface area contributed by atoms with E-state index in [9.17, 15) is 4.79 Å². The SMILES string of the molecule is CCC(Sc1ncc(-c2ccccc2)nn1)C(=O)Nc1nc2ccccc2s1. The molecular weight excluding hydrogens is 390 g/mol. The highest BCUT2D eigenvalue weighted by Gasteiger charge is 2.21. The van der Waals surface area contributed by atoms with Crippen LogP contribution >= 0.6 is 23.1 Å². The predicted molar refractivity (Wildman–Crippen MR) is 113 cm³/mol. The van der Waals surface area contributed by atoms with Crippen LogP contribution in [0.1, 0.15) is 13.3 Å². The number of amides is 1. The van der Waals surface area contributed by atoms with E-state index in [1.807, 2.05) is 61.5 Å². The molecule has 0 fully saturated rings. The van der Waals surface area contributed by atoms with Crippen molar-refractivity contribution in [2.45, 2.75) is 23.8 Å². The molecule has 8 heteroatoms. The van der Waals surface area contributed by atoms with Gasteiger partial charge in [-0.3, -0.25) is 4.79 Å². The molecule has 140 valence electrons. The van der Waals surface area contributed by atoms with Gasteiger partial charge in [0.15, 0.2) is 5.13 Å². The van der Waals surface area contributed by atoms with Crippen LogP contribution < -0.4 is 5.32 Å². The number of anilines is 1. The second-order valence-electron chi connectivity index (χ2n) is 5.98. The Balaban J connectivity index is 1.44. The molecule has 0 bridgehead atoms. The van der Waals surface area contributed by atoms with Crippen molar-refractivity contribution in [1.29, 1.82) is 0 Å². The summed E-state index contributed by atoms with van der Waals surface area (Å²) in [5, 5.41) is 12.1. The lowest BCUT2D eigenvalue weighted by molar-refractivity contribution is -0.115. The number of rotatable bonds is 6. The maximum Gasteiger partial charge on any atom is 0.239 e. The number of hydrogen-bond acceptors (Lipinski definition) is 7. The quantitative estimate of drug-likeness (QED) is 0.468. The van der Waals surface area contributed by atoms with E-state index in [1.165, 1.54) is 23.1 Å². The van der Waals surface area contributed by atoms with Crippen LogP contribution in [0.4, 0.5) is 5.13 Å². The maximum atomic E-state index is 12.7. The number of nitrogens with one attached hydrogen (secondary N) is 1. The molecule has 2 aromatic carbocycles. The zero-order valence-electron chi connectivity index (χ0n) is 15.1. The number of thiazole rings is 1. The van der Waals surface area contributed by atoms with Crippen molar-refractivity contribution in [1.82, 2.24) is 20.2 Å². The first-order valence-electron chi connectivity index (χ1n) is 8.81. The van der Waals surface area contributed by atoms with Gasteiger partial charge >= 0.3 is 0 Å². The number of fused-ring (bicyclic) bond motifs is 1. The predicted octanol–water partition coefficient (Wildman–Crippen LogP) is 4.66. The van der Waals surface area contributed by atoms with Crippen molar-refractivity contribution in [2.24, 2.45) is 0 Å². The standard InChI is InChI=1S/C20H17N5OS2/c1-2-16(18(26)23-20-22-14-10-6-7-11-17(14)28-20)27-19-21-12-15(24-25-19)13-8-4-3-5-9-13/h3-12,16H,2H2,1H3,(H,22,23,26). The fourth-order valence-corrected chi connectivity index (χ4v) is 4.28. The van der Waals surface area contributed by atoms with Crippen LogP contribution in [-0.2, 0) is 4.79 Å². The minimum atomic E-state index is -0.323. The van der Waals surface area contributed by atoms with Crippen LogP contribution in [0.25, 0.3) is 21.5 Å². The number of hydrogen-bond donors (Lipinski definition) is 1. The monoisotopic (exact) mass is 407 g/mol. The minimum absolute atomic E-state index is 0.109. The molecule has 6 nitrogen and oxygen atoms in total. The highest BCUT2D eigenvalue weighted by atomic mass is 32.2. The molecule has 1 atom stereocenters. The van der Waals surface area contributed by atoms with Crippen LogP contribution in [0.15, 0.2) is 66.0 Å². The number of aromatic nitrogens is 4. The molecule has 0 aliphatic carbocycles. The van der Waals surface area contributed by atoms with Crippen LogP contribution in [-0.4, -0.2) is 31.3 Å². The summed E-state index contributed by atoms with van der Waals surface area (Å²) in [6, 6.07) is 17.6. The highest BCUT2D eigenvalue weighted by Crippen LogP contribution is 2.28. The first-order valence-corrected chi connectivity index (χ1v) is 10.5. The molecule has 0 aliphatic rings. The van der Waals surface area contributed by atoms with Gasteiger partial charge in [-0.2, -0.15) is 0 Å². The van der Waals surface area contributed by atoms with E-state index in [2.05, 4.69) is 25.5 Å². The molecule has 0 aliphatic heterocycles. The number of carbonyl (C=O) groups excluding carboxylic acids is 1. The van der Waals surface area contributed by atoms with Gasteiger partial charge in [0, 0.05) is 5.56 Å². The van der Waals surface area contributed by atoms with Crippen molar-refractivity contribution in [3.8, 4) is 11.3 Å². The Morgan fingerprint density at radius 1 is 1.11 bits per heavy atom. The number of thioether (sulfide) groups is 1. The summed E-state index contributed by atoms with van der Waals surface area (Å²) in [5.74, 6) is -0.109. The fourth-order valence-electron chi connectivity index (χ4n) is 2.62. The van der Waals surface area contributed by atoms with Gasteiger partial charge in [0.2, 0.25) is 11.1 Å². The van der Waals surface area contributed by atoms with Gasteiger partial charge in [-0.25, -0.2) is 9.97 Å². The summed E-state index contributed by atoms with van der Waals surface area (Å²) in [6.07, 6.45) is 2.33. The van der Waals surface area contributed by atoms with Crippen LogP contribution in [0.5, 0.6) is 0 Å². The maximum absolute atomic E-state index is 12.7. The lowest BCUT2D eigenvalue weighted by atomic mass is 10.2. The third kappa shape index (κ3) is 4.18. The van der Waals surface area contributed by atoms with Crippen molar-refractivity contribution in [3.63, 3.8) is 0 Å². The van der Waals surface area contributed by atoms with Crippen molar-refractivity contribution in [3.05, 3.63) is 60.8 Å². The van der Waals surface area contributed by atoms with Gasteiger partial charge in [0.05, 0.1) is 21.7 Å². The average molecular weight is 408 g/mol. The van der Waals surface area contributed by atoms with E-state index >= 15 is 0 Å². The van der Waals surface area contributed by atoms with Crippen LogP contribution in [0.2, 0.25) is 0 Å². The molecular formula is C20H17N5OS2. The third-order valence-corrected chi connectivity index (χ3v) is 6.23. The highest BCUT2D eigenvalue weighted by molar-refractivity contribution is 8.00. The zero-order chi connectivity index (χ0) is 19.3. The Hall–Kier alpha value is -2.84. The lowest BCUT2D eigenvalue weighted by Crippen LogP contribution is -2.24.